The standard InChI is InChI=1S/C31H36BrNO9/c32-27-20-26(35)28(42-31(27,38)12-7-14-39-16-17-40-15-13-34)25(19-23-10-5-2-6-11-23)29(36)33-24(21-41-30(33)37)18-22-8-3-1-4-9-22/h1-6,8-11,20,24-25,28,34,38H,7,12-19,21H2/t24-,25+,28-,31+/m0/s1. The summed E-state index contributed by atoms with van der Waals surface area (Å²) in [5.41, 5.74) is 1.71. The van der Waals surface area contributed by atoms with Crippen molar-refractivity contribution in [2.75, 3.05) is 39.6 Å². The molecular weight excluding hydrogens is 610 g/mol. The Hall–Kier alpha value is -2.93. The van der Waals surface area contributed by atoms with Crippen LogP contribution in [0.4, 0.5) is 4.79 Å². The molecule has 2 aromatic carbocycles. The summed E-state index contributed by atoms with van der Waals surface area (Å²) in [6.45, 7) is 1.15. The molecule has 2 N–H and O–H groups in total. The average molecular weight is 647 g/mol. The van der Waals surface area contributed by atoms with E-state index in [1.807, 2.05) is 60.7 Å². The fourth-order valence-electron chi connectivity index (χ4n) is 5.04. The summed E-state index contributed by atoms with van der Waals surface area (Å²) in [6, 6.07) is 18.1. The van der Waals surface area contributed by atoms with E-state index in [0.717, 1.165) is 16.0 Å². The van der Waals surface area contributed by atoms with Gasteiger partial charge in [-0.1, -0.05) is 60.7 Å². The van der Waals surface area contributed by atoms with Crippen LogP contribution in [-0.2, 0) is 41.4 Å². The van der Waals surface area contributed by atoms with Crippen LogP contribution in [0, 0.1) is 5.92 Å². The second-order valence-electron chi connectivity index (χ2n) is 10.2. The molecule has 10 nitrogen and oxygen atoms in total. The van der Waals surface area contributed by atoms with E-state index in [-0.39, 0.29) is 37.1 Å². The Balaban J connectivity index is 1.52. The lowest BCUT2D eigenvalue weighted by Crippen LogP contribution is -2.53. The van der Waals surface area contributed by atoms with Gasteiger partial charge in [-0.25, -0.2) is 9.69 Å². The highest BCUT2D eigenvalue weighted by Crippen LogP contribution is 2.38. The number of carbonyl (C=O) groups excluding carboxylic acids is 3. The molecule has 42 heavy (non-hydrogen) atoms. The van der Waals surface area contributed by atoms with Crippen LogP contribution in [0.3, 0.4) is 0 Å². The number of hydrogen-bond acceptors (Lipinski definition) is 9. The number of hydrogen-bond donors (Lipinski definition) is 2. The zero-order valence-corrected chi connectivity index (χ0v) is 24.8. The van der Waals surface area contributed by atoms with E-state index < -0.39 is 41.6 Å². The van der Waals surface area contributed by atoms with Crippen LogP contribution >= 0.6 is 15.9 Å². The fraction of sp³-hybridized carbons (Fsp3) is 0.452. The molecule has 4 atom stereocenters. The minimum atomic E-state index is -1.88. The molecule has 226 valence electrons. The summed E-state index contributed by atoms with van der Waals surface area (Å²) in [4.78, 5) is 41.4. The Bertz CT molecular complexity index is 1230. The Morgan fingerprint density at radius 3 is 2.31 bits per heavy atom. The first kappa shape index (κ1) is 32.0. The molecule has 0 aliphatic carbocycles. The fourth-order valence-corrected chi connectivity index (χ4v) is 5.56. The summed E-state index contributed by atoms with van der Waals surface area (Å²) >= 11 is 3.28. The molecule has 2 aliphatic rings. The van der Waals surface area contributed by atoms with Gasteiger partial charge in [0.2, 0.25) is 5.91 Å². The number of carbonyl (C=O) groups is 3. The van der Waals surface area contributed by atoms with Gasteiger partial charge < -0.3 is 29.2 Å². The van der Waals surface area contributed by atoms with Crippen molar-refractivity contribution in [2.24, 2.45) is 5.92 Å². The maximum atomic E-state index is 14.1. The van der Waals surface area contributed by atoms with Gasteiger partial charge in [-0.2, -0.15) is 0 Å². The molecule has 2 aliphatic heterocycles. The predicted octanol–water partition coefficient (Wildman–Crippen LogP) is 3.18. The van der Waals surface area contributed by atoms with E-state index in [2.05, 4.69) is 15.9 Å². The molecule has 0 unspecified atom stereocenters. The lowest BCUT2D eigenvalue weighted by atomic mass is 9.87. The zero-order chi connectivity index (χ0) is 30.0. The number of amides is 2. The number of aliphatic hydroxyl groups excluding tert-OH is 1. The van der Waals surface area contributed by atoms with Crippen molar-refractivity contribution >= 4 is 33.7 Å². The number of ether oxygens (including phenoxy) is 4. The summed E-state index contributed by atoms with van der Waals surface area (Å²) in [5.74, 6) is -4.07. The number of imide groups is 1. The maximum absolute atomic E-state index is 14.1. The van der Waals surface area contributed by atoms with Gasteiger partial charge in [0.25, 0.3) is 0 Å². The Morgan fingerprint density at radius 1 is 1.00 bits per heavy atom. The van der Waals surface area contributed by atoms with Gasteiger partial charge in [-0.3, -0.25) is 9.59 Å². The molecule has 0 radical (unpaired) electrons. The second-order valence-corrected chi connectivity index (χ2v) is 11.0. The first-order valence-electron chi connectivity index (χ1n) is 14.0. The number of ketones is 1. The van der Waals surface area contributed by atoms with Gasteiger partial charge in [-0.15, -0.1) is 0 Å². The van der Waals surface area contributed by atoms with Crippen molar-refractivity contribution < 1.29 is 43.5 Å². The summed E-state index contributed by atoms with van der Waals surface area (Å²) < 4.78 is 22.2. The van der Waals surface area contributed by atoms with E-state index in [1.165, 1.54) is 6.08 Å². The van der Waals surface area contributed by atoms with Crippen LogP contribution in [-0.4, -0.2) is 90.5 Å². The number of nitrogens with zero attached hydrogens (tertiary/aromatic N) is 1. The minimum absolute atomic E-state index is 0.0391. The first-order chi connectivity index (χ1) is 20.3. The molecule has 0 bridgehead atoms. The maximum Gasteiger partial charge on any atom is 0.416 e. The summed E-state index contributed by atoms with van der Waals surface area (Å²) in [5, 5.41) is 20.2. The van der Waals surface area contributed by atoms with Crippen LogP contribution in [0.2, 0.25) is 0 Å². The van der Waals surface area contributed by atoms with Gasteiger partial charge in [0, 0.05) is 13.0 Å². The molecule has 0 saturated carbocycles. The lowest BCUT2D eigenvalue weighted by molar-refractivity contribution is -0.218. The van der Waals surface area contributed by atoms with Crippen molar-refractivity contribution in [1.82, 2.24) is 4.90 Å². The van der Waals surface area contributed by atoms with E-state index in [1.54, 1.807) is 0 Å². The number of rotatable bonds is 15. The molecular formula is C31H36BrNO9. The summed E-state index contributed by atoms with van der Waals surface area (Å²) in [6.07, 6.45) is 0.103. The quantitative estimate of drug-likeness (QED) is 0.280. The third-order valence-electron chi connectivity index (χ3n) is 7.15. The van der Waals surface area contributed by atoms with Crippen molar-refractivity contribution in [1.29, 1.82) is 0 Å². The molecule has 2 amide bonds. The highest BCUT2D eigenvalue weighted by atomic mass is 79.9. The van der Waals surface area contributed by atoms with E-state index in [0.29, 0.717) is 32.7 Å². The average Bonchev–Trinajstić information content (AvgIpc) is 3.35. The Kier molecular flexibility index (Phi) is 11.8. The van der Waals surface area contributed by atoms with Gasteiger partial charge in [-0.05, 0) is 52.4 Å². The number of cyclic esters (lactones) is 1. The van der Waals surface area contributed by atoms with Crippen molar-refractivity contribution in [3.05, 3.63) is 82.3 Å². The van der Waals surface area contributed by atoms with Crippen LogP contribution in [0.1, 0.15) is 24.0 Å². The smallest absolute Gasteiger partial charge is 0.416 e. The molecule has 2 heterocycles. The number of halogens is 1. The molecule has 0 spiro atoms. The third-order valence-corrected chi connectivity index (χ3v) is 8.00. The van der Waals surface area contributed by atoms with E-state index in [4.69, 9.17) is 24.1 Å². The molecule has 4 rings (SSSR count). The highest BCUT2D eigenvalue weighted by Gasteiger charge is 2.49. The SMILES string of the molecule is O=C1C=C(Br)[C@@](O)(CCCOCCOCCO)O[C@H]1[C@@H](Cc1ccccc1)C(=O)N1C(=O)OC[C@@H]1Cc1ccccc1. The van der Waals surface area contributed by atoms with Crippen molar-refractivity contribution in [2.45, 2.75) is 43.6 Å². The zero-order valence-electron chi connectivity index (χ0n) is 23.2. The van der Waals surface area contributed by atoms with Gasteiger partial charge in [0.15, 0.2) is 11.6 Å². The van der Waals surface area contributed by atoms with Crippen molar-refractivity contribution in [3.63, 3.8) is 0 Å². The molecule has 1 fully saturated rings. The minimum Gasteiger partial charge on any atom is -0.447 e. The van der Waals surface area contributed by atoms with E-state index in [9.17, 15) is 19.5 Å². The van der Waals surface area contributed by atoms with Crippen LogP contribution in [0.5, 0.6) is 0 Å². The van der Waals surface area contributed by atoms with E-state index >= 15 is 0 Å². The highest BCUT2D eigenvalue weighted by molar-refractivity contribution is 9.11. The summed E-state index contributed by atoms with van der Waals surface area (Å²) in [7, 11) is 0. The van der Waals surface area contributed by atoms with Crippen LogP contribution < -0.4 is 0 Å². The first-order valence-corrected chi connectivity index (χ1v) is 14.8. The second kappa shape index (κ2) is 15.5. The van der Waals surface area contributed by atoms with Crippen molar-refractivity contribution in [3.8, 4) is 0 Å². The number of benzene rings is 2. The molecule has 1 saturated heterocycles. The number of aliphatic hydroxyl groups is 2. The largest absolute Gasteiger partial charge is 0.447 e. The molecule has 11 heteroatoms. The monoisotopic (exact) mass is 645 g/mol. The molecule has 0 aromatic heterocycles. The molecule has 2 aromatic rings. The van der Waals surface area contributed by atoms with Crippen LogP contribution in [0.15, 0.2) is 71.2 Å². The Morgan fingerprint density at radius 2 is 1.64 bits per heavy atom. The Labute approximate surface area is 253 Å². The van der Waals surface area contributed by atoms with Gasteiger partial charge in [0.05, 0.1) is 42.9 Å². The third kappa shape index (κ3) is 8.33. The predicted molar refractivity (Wildman–Crippen MR) is 156 cm³/mol. The van der Waals surface area contributed by atoms with Crippen LogP contribution in [0.25, 0.3) is 0 Å². The van der Waals surface area contributed by atoms with Gasteiger partial charge >= 0.3 is 6.09 Å². The van der Waals surface area contributed by atoms with Gasteiger partial charge in [0.1, 0.15) is 12.7 Å². The topological polar surface area (TPSA) is 132 Å². The lowest BCUT2D eigenvalue weighted by Gasteiger charge is -2.38. The normalized spacial score (nSPS) is 23.0.